The van der Waals surface area contributed by atoms with Crippen molar-refractivity contribution < 1.29 is 9.67 Å². The van der Waals surface area contributed by atoms with E-state index >= 15 is 0 Å². The Morgan fingerprint density at radius 2 is 2.20 bits per heavy atom. The fourth-order valence-electron chi connectivity index (χ4n) is 2.37. The molecule has 2 atom stereocenters. The van der Waals surface area contributed by atoms with Crippen LogP contribution in [0.4, 0.5) is 0 Å². The van der Waals surface area contributed by atoms with Gasteiger partial charge in [-0.3, -0.25) is 0 Å². The molecular weight excluding hydrogens is 207 g/mol. The molecule has 1 aromatic rings. The van der Waals surface area contributed by atoms with Gasteiger partial charge < -0.3 is 9.67 Å². The Kier molecular flexibility index (Phi) is 3.61. The molecule has 1 fully saturated rings. The summed E-state index contributed by atoms with van der Waals surface area (Å²) in [6.45, 7) is 0.171. The number of aliphatic hydroxyl groups is 1. The molecule has 0 amide bonds. The van der Waals surface area contributed by atoms with Gasteiger partial charge in [0.25, 0.3) is 0 Å². The second kappa shape index (κ2) is 4.96. The number of hydrogen-bond acceptors (Lipinski definition) is 2. The lowest BCUT2D eigenvalue weighted by atomic mass is 10.00. The highest BCUT2D eigenvalue weighted by atomic mass is 31.1. The second-order valence-electron chi connectivity index (χ2n) is 4.08. The average molecular weight is 224 g/mol. The van der Waals surface area contributed by atoms with Crippen LogP contribution in [-0.2, 0) is 11.0 Å². The van der Waals surface area contributed by atoms with E-state index in [0.29, 0.717) is 6.42 Å². The van der Waals surface area contributed by atoms with Crippen LogP contribution in [0, 0.1) is 0 Å². The molecule has 1 unspecified atom stereocenters. The van der Waals surface area contributed by atoms with Gasteiger partial charge in [0.2, 0.25) is 0 Å². The Morgan fingerprint density at radius 1 is 1.40 bits per heavy atom. The van der Waals surface area contributed by atoms with Crippen molar-refractivity contribution >= 4 is 7.80 Å². The fourth-order valence-corrected chi connectivity index (χ4v) is 4.42. The molecule has 1 aromatic carbocycles. The molecule has 82 valence electrons. The lowest BCUT2D eigenvalue weighted by Gasteiger charge is -2.14. The Balaban J connectivity index is 2.29. The van der Waals surface area contributed by atoms with Gasteiger partial charge in [0.05, 0.1) is 7.80 Å². The van der Waals surface area contributed by atoms with Gasteiger partial charge in [-0.2, -0.15) is 0 Å². The molecule has 2 rings (SSSR count). The molecule has 0 radical (unpaired) electrons. The normalized spacial score (nSPS) is 25.7. The van der Waals surface area contributed by atoms with E-state index in [2.05, 4.69) is 6.07 Å². The number of hydrogen-bond donors (Lipinski definition) is 1. The molecule has 3 heteroatoms. The van der Waals surface area contributed by atoms with Crippen molar-refractivity contribution in [2.75, 3.05) is 12.8 Å². The first-order valence-electron chi connectivity index (χ1n) is 5.54. The lowest BCUT2D eigenvalue weighted by Crippen LogP contribution is -1.99. The maximum Gasteiger partial charge on any atom is 0.0833 e. The van der Waals surface area contributed by atoms with E-state index in [4.69, 9.17) is 5.11 Å². The summed E-state index contributed by atoms with van der Waals surface area (Å²) in [5.41, 5.74) is 2.66. The van der Waals surface area contributed by atoms with E-state index in [1.807, 2.05) is 18.2 Å². The Morgan fingerprint density at radius 3 is 2.87 bits per heavy atom. The molecule has 1 aliphatic heterocycles. The van der Waals surface area contributed by atoms with Gasteiger partial charge in [-0.05, 0) is 36.6 Å². The highest BCUT2D eigenvalue weighted by Crippen LogP contribution is 2.51. The van der Waals surface area contributed by atoms with E-state index in [9.17, 15) is 4.57 Å². The largest absolute Gasteiger partial charge is 0.396 e. The molecule has 0 spiro atoms. The van der Waals surface area contributed by atoms with Crippen molar-refractivity contribution in [2.45, 2.75) is 24.9 Å². The average Bonchev–Trinajstić information content (AvgIpc) is 2.66. The molecule has 0 aliphatic carbocycles. The molecule has 2 nitrogen and oxygen atoms in total. The van der Waals surface area contributed by atoms with E-state index in [1.54, 1.807) is 0 Å². The molecule has 1 heterocycles. The highest BCUT2D eigenvalue weighted by Gasteiger charge is 2.25. The fraction of sp³-hybridized carbons (Fsp3) is 0.500. The van der Waals surface area contributed by atoms with Crippen LogP contribution in [-0.4, -0.2) is 17.9 Å². The molecule has 0 saturated carbocycles. The SMILES string of the molecule is O=[PH]1CCC[C@@H]1c1ccccc1CCO. The highest BCUT2D eigenvalue weighted by molar-refractivity contribution is 7.45. The lowest BCUT2D eigenvalue weighted by molar-refractivity contribution is 0.299. The summed E-state index contributed by atoms with van der Waals surface area (Å²) in [4.78, 5) is 0. The van der Waals surface area contributed by atoms with Crippen molar-refractivity contribution in [3.63, 3.8) is 0 Å². The van der Waals surface area contributed by atoms with Crippen LogP contribution >= 0.6 is 7.80 Å². The number of benzene rings is 1. The maximum absolute atomic E-state index is 11.9. The predicted octanol–water partition coefficient (Wildman–Crippen LogP) is 2.62. The summed E-state index contributed by atoms with van der Waals surface area (Å²) in [6.07, 6.45) is 3.74. The Hall–Kier alpha value is -0.590. The van der Waals surface area contributed by atoms with Gasteiger partial charge in [0.1, 0.15) is 0 Å². The van der Waals surface area contributed by atoms with E-state index in [-0.39, 0.29) is 12.3 Å². The maximum atomic E-state index is 11.9. The zero-order valence-electron chi connectivity index (χ0n) is 8.78. The third kappa shape index (κ3) is 2.32. The molecular formula is C12H17O2P. The smallest absolute Gasteiger partial charge is 0.0833 e. The third-order valence-electron chi connectivity index (χ3n) is 3.12. The zero-order chi connectivity index (χ0) is 10.7. The first-order chi connectivity index (χ1) is 7.33. The standard InChI is InChI=1S/C12H17O2P/c13-8-7-10-4-1-2-5-11(10)12-6-3-9-15(12)14/h1-2,4-5,12-13,15H,3,6-9H2/t12-/m1/s1. The van der Waals surface area contributed by atoms with Crippen LogP contribution in [0.2, 0.25) is 0 Å². The molecule has 1 saturated heterocycles. The van der Waals surface area contributed by atoms with Gasteiger partial charge in [-0.1, -0.05) is 24.3 Å². The quantitative estimate of drug-likeness (QED) is 0.801. The van der Waals surface area contributed by atoms with E-state index in [0.717, 1.165) is 19.0 Å². The van der Waals surface area contributed by atoms with Crippen molar-refractivity contribution in [1.82, 2.24) is 0 Å². The van der Waals surface area contributed by atoms with Crippen LogP contribution in [0.25, 0.3) is 0 Å². The summed E-state index contributed by atoms with van der Waals surface area (Å²) in [7, 11) is -1.42. The Labute approximate surface area is 91.1 Å². The van der Waals surface area contributed by atoms with Gasteiger partial charge in [0.15, 0.2) is 0 Å². The van der Waals surface area contributed by atoms with Crippen molar-refractivity contribution in [3.8, 4) is 0 Å². The summed E-state index contributed by atoms with van der Waals surface area (Å²) in [6, 6.07) is 8.10. The summed E-state index contributed by atoms with van der Waals surface area (Å²) < 4.78 is 11.9. The monoisotopic (exact) mass is 224 g/mol. The van der Waals surface area contributed by atoms with Crippen LogP contribution in [0.15, 0.2) is 24.3 Å². The first-order valence-corrected chi connectivity index (χ1v) is 7.23. The molecule has 1 aliphatic rings. The summed E-state index contributed by atoms with van der Waals surface area (Å²) >= 11 is 0. The van der Waals surface area contributed by atoms with Crippen LogP contribution in [0.3, 0.4) is 0 Å². The minimum absolute atomic E-state index is 0.171. The second-order valence-corrected chi connectivity index (χ2v) is 6.21. The summed E-state index contributed by atoms with van der Waals surface area (Å²) in [5.74, 6) is 0. The first kappa shape index (κ1) is 10.9. The van der Waals surface area contributed by atoms with E-state index < -0.39 is 7.80 Å². The molecule has 0 aromatic heterocycles. The van der Waals surface area contributed by atoms with Crippen LogP contribution in [0.1, 0.15) is 29.6 Å². The van der Waals surface area contributed by atoms with Crippen LogP contribution < -0.4 is 0 Å². The van der Waals surface area contributed by atoms with Gasteiger partial charge in [0, 0.05) is 12.3 Å². The topological polar surface area (TPSA) is 37.3 Å². The minimum Gasteiger partial charge on any atom is -0.396 e. The molecule has 1 N–H and O–H groups in total. The number of rotatable bonds is 3. The Bertz CT molecular complexity index is 362. The van der Waals surface area contributed by atoms with E-state index in [1.165, 1.54) is 11.1 Å². The number of aliphatic hydroxyl groups excluding tert-OH is 1. The van der Waals surface area contributed by atoms with Crippen molar-refractivity contribution in [2.24, 2.45) is 0 Å². The van der Waals surface area contributed by atoms with Gasteiger partial charge in [-0.25, -0.2) is 0 Å². The summed E-state index contributed by atoms with van der Waals surface area (Å²) in [5, 5.41) is 8.98. The third-order valence-corrected chi connectivity index (χ3v) is 5.34. The predicted molar refractivity (Wildman–Crippen MR) is 63.1 cm³/mol. The van der Waals surface area contributed by atoms with Gasteiger partial charge in [-0.15, -0.1) is 0 Å². The molecule has 15 heavy (non-hydrogen) atoms. The van der Waals surface area contributed by atoms with Crippen LogP contribution in [0.5, 0.6) is 0 Å². The molecule has 0 bridgehead atoms. The zero-order valence-corrected chi connectivity index (χ0v) is 9.78. The minimum atomic E-state index is -1.42. The van der Waals surface area contributed by atoms with Gasteiger partial charge >= 0.3 is 0 Å². The van der Waals surface area contributed by atoms with Crippen molar-refractivity contribution in [3.05, 3.63) is 35.4 Å². The van der Waals surface area contributed by atoms with Crippen molar-refractivity contribution in [1.29, 1.82) is 0 Å².